The third-order valence-corrected chi connectivity index (χ3v) is 5.18. The first-order valence-electron chi connectivity index (χ1n) is 8.51. The fourth-order valence-electron chi connectivity index (χ4n) is 2.41. The van der Waals surface area contributed by atoms with Crippen molar-refractivity contribution >= 4 is 21.6 Å². The Morgan fingerprint density at radius 2 is 1.81 bits per heavy atom. The van der Waals surface area contributed by atoms with E-state index in [4.69, 9.17) is 9.47 Å². The van der Waals surface area contributed by atoms with Gasteiger partial charge in [0, 0.05) is 25.8 Å². The average molecular weight is 392 g/mol. The van der Waals surface area contributed by atoms with Gasteiger partial charge in [0.2, 0.25) is 0 Å². The van der Waals surface area contributed by atoms with Gasteiger partial charge in [-0.1, -0.05) is 18.2 Å². The molecule has 2 aromatic rings. The lowest BCUT2D eigenvalue weighted by Crippen LogP contribution is -2.25. The Balaban J connectivity index is 2.10. The van der Waals surface area contributed by atoms with Crippen LogP contribution in [0.5, 0.6) is 5.75 Å². The third-order valence-electron chi connectivity index (χ3n) is 3.82. The fraction of sp³-hybridized carbons (Fsp3) is 0.316. The quantitative estimate of drug-likeness (QED) is 0.606. The van der Waals surface area contributed by atoms with Gasteiger partial charge in [-0.3, -0.25) is 9.52 Å². The fourth-order valence-corrected chi connectivity index (χ4v) is 3.53. The Morgan fingerprint density at radius 1 is 1.04 bits per heavy atom. The maximum Gasteiger partial charge on any atom is 0.262 e. The van der Waals surface area contributed by atoms with E-state index in [-0.39, 0.29) is 16.4 Å². The van der Waals surface area contributed by atoms with Crippen LogP contribution in [0.25, 0.3) is 0 Å². The summed E-state index contributed by atoms with van der Waals surface area (Å²) >= 11 is 0. The molecule has 0 saturated carbocycles. The summed E-state index contributed by atoms with van der Waals surface area (Å²) in [6.45, 7) is 1.14. The number of ether oxygens (including phenoxy) is 2. The van der Waals surface area contributed by atoms with Crippen LogP contribution in [0.3, 0.4) is 0 Å². The highest BCUT2D eigenvalue weighted by molar-refractivity contribution is 7.92. The van der Waals surface area contributed by atoms with Crippen molar-refractivity contribution in [3.63, 3.8) is 0 Å². The number of unbranched alkanes of at least 4 members (excludes halogenated alkanes) is 1. The molecule has 0 heterocycles. The number of methoxy groups -OCH3 is 2. The Morgan fingerprint density at radius 3 is 2.56 bits per heavy atom. The molecule has 0 atom stereocenters. The van der Waals surface area contributed by atoms with Gasteiger partial charge in [0.1, 0.15) is 5.75 Å². The summed E-state index contributed by atoms with van der Waals surface area (Å²) in [5.74, 6) is 0.0905. The van der Waals surface area contributed by atoms with E-state index in [1.807, 2.05) is 0 Å². The SMILES string of the molecule is COCCCCNC(=O)c1cccc(S(=O)(=O)Nc2ccccc2OC)c1. The number of amides is 1. The molecule has 27 heavy (non-hydrogen) atoms. The third kappa shape index (κ3) is 5.97. The van der Waals surface area contributed by atoms with E-state index in [0.717, 1.165) is 12.8 Å². The summed E-state index contributed by atoms with van der Waals surface area (Å²) in [6, 6.07) is 12.6. The highest BCUT2D eigenvalue weighted by Crippen LogP contribution is 2.26. The van der Waals surface area contributed by atoms with Crippen LogP contribution < -0.4 is 14.8 Å². The van der Waals surface area contributed by atoms with Crippen molar-refractivity contribution < 1.29 is 22.7 Å². The Bertz CT molecular complexity index is 868. The minimum absolute atomic E-state index is 0.000407. The molecule has 0 aromatic heterocycles. The molecule has 1 amide bonds. The molecule has 7 nitrogen and oxygen atoms in total. The summed E-state index contributed by atoms with van der Waals surface area (Å²) in [7, 11) is -0.769. The van der Waals surface area contributed by atoms with Crippen LogP contribution >= 0.6 is 0 Å². The maximum atomic E-state index is 12.7. The number of benzene rings is 2. The number of rotatable bonds is 10. The lowest BCUT2D eigenvalue weighted by Gasteiger charge is -2.12. The van der Waals surface area contributed by atoms with Gasteiger partial charge in [0.25, 0.3) is 15.9 Å². The molecule has 2 N–H and O–H groups in total. The van der Waals surface area contributed by atoms with Crippen molar-refractivity contribution in [2.75, 3.05) is 32.1 Å². The molecule has 2 aromatic carbocycles. The van der Waals surface area contributed by atoms with Gasteiger partial charge >= 0.3 is 0 Å². The smallest absolute Gasteiger partial charge is 0.262 e. The van der Waals surface area contributed by atoms with Crippen molar-refractivity contribution in [3.8, 4) is 5.75 Å². The van der Waals surface area contributed by atoms with Crippen LogP contribution in [-0.2, 0) is 14.8 Å². The number of carbonyl (C=O) groups is 1. The topological polar surface area (TPSA) is 93.7 Å². The van der Waals surface area contributed by atoms with Crippen LogP contribution in [0.2, 0.25) is 0 Å². The van der Waals surface area contributed by atoms with E-state index in [2.05, 4.69) is 10.0 Å². The van der Waals surface area contributed by atoms with Crippen LogP contribution in [0.4, 0.5) is 5.69 Å². The van der Waals surface area contributed by atoms with Gasteiger partial charge in [-0.05, 0) is 43.2 Å². The summed E-state index contributed by atoms with van der Waals surface area (Å²) < 4.78 is 37.9. The lowest BCUT2D eigenvalue weighted by molar-refractivity contribution is 0.0951. The van der Waals surface area contributed by atoms with Crippen LogP contribution in [0.15, 0.2) is 53.4 Å². The summed E-state index contributed by atoms with van der Waals surface area (Å²) in [4.78, 5) is 12.2. The Labute approximate surface area is 159 Å². The number of nitrogens with one attached hydrogen (secondary N) is 2. The number of carbonyl (C=O) groups excluding carboxylic acids is 1. The monoisotopic (exact) mass is 392 g/mol. The van der Waals surface area contributed by atoms with Crippen LogP contribution in [0, 0.1) is 0 Å². The zero-order valence-corrected chi connectivity index (χ0v) is 16.2. The minimum Gasteiger partial charge on any atom is -0.495 e. The van der Waals surface area contributed by atoms with Gasteiger partial charge in [0.15, 0.2) is 0 Å². The zero-order chi connectivity index (χ0) is 19.7. The van der Waals surface area contributed by atoms with Gasteiger partial charge < -0.3 is 14.8 Å². The first-order valence-corrected chi connectivity index (χ1v) is 9.99. The molecule has 0 spiro atoms. The van der Waals surface area contributed by atoms with E-state index in [1.54, 1.807) is 37.4 Å². The Hall–Kier alpha value is -2.58. The van der Waals surface area contributed by atoms with Crippen molar-refractivity contribution in [2.24, 2.45) is 0 Å². The predicted octanol–water partition coefficient (Wildman–Crippen LogP) is 2.65. The van der Waals surface area contributed by atoms with Crippen LogP contribution in [-0.4, -0.2) is 41.7 Å². The maximum absolute atomic E-state index is 12.7. The minimum atomic E-state index is -3.86. The normalized spacial score (nSPS) is 11.0. The largest absolute Gasteiger partial charge is 0.495 e. The zero-order valence-electron chi connectivity index (χ0n) is 15.4. The predicted molar refractivity (Wildman–Crippen MR) is 104 cm³/mol. The van der Waals surface area contributed by atoms with Crippen molar-refractivity contribution in [2.45, 2.75) is 17.7 Å². The van der Waals surface area contributed by atoms with Crippen molar-refractivity contribution in [1.29, 1.82) is 0 Å². The number of hydrogen-bond donors (Lipinski definition) is 2. The molecule has 0 unspecified atom stereocenters. The molecule has 2 rings (SSSR count). The first-order chi connectivity index (χ1) is 13.0. The number of hydrogen-bond acceptors (Lipinski definition) is 5. The van der Waals surface area contributed by atoms with E-state index in [1.165, 1.54) is 25.3 Å². The number of anilines is 1. The van der Waals surface area contributed by atoms with Gasteiger partial charge in [-0.15, -0.1) is 0 Å². The Kier molecular flexibility index (Phi) is 7.63. The standard InChI is InChI=1S/C19H24N2O5S/c1-25-13-6-5-12-20-19(22)15-8-7-9-16(14-15)27(23,24)21-17-10-3-4-11-18(17)26-2/h3-4,7-11,14,21H,5-6,12-13H2,1-2H3,(H,20,22). The second kappa shape index (κ2) is 9.94. The number of sulfonamides is 1. The number of para-hydroxylation sites is 2. The molecule has 8 heteroatoms. The second-order valence-electron chi connectivity index (χ2n) is 5.79. The van der Waals surface area contributed by atoms with E-state index in [0.29, 0.717) is 24.6 Å². The lowest BCUT2D eigenvalue weighted by atomic mass is 10.2. The van der Waals surface area contributed by atoms with E-state index < -0.39 is 10.0 Å². The van der Waals surface area contributed by atoms with E-state index >= 15 is 0 Å². The highest BCUT2D eigenvalue weighted by Gasteiger charge is 2.18. The molecule has 146 valence electrons. The molecule has 0 radical (unpaired) electrons. The molecule has 0 saturated heterocycles. The molecule has 0 aliphatic rings. The first kappa shape index (κ1) is 20.7. The van der Waals surface area contributed by atoms with Gasteiger partial charge in [0.05, 0.1) is 17.7 Å². The average Bonchev–Trinajstić information content (AvgIpc) is 2.68. The van der Waals surface area contributed by atoms with Crippen LogP contribution in [0.1, 0.15) is 23.2 Å². The molecule has 0 bridgehead atoms. The van der Waals surface area contributed by atoms with Crippen molar-refractivity contribution in [1.82, 2.24) is 5.32 Å². The molecule has 0 aliphatic heterocycles. The highest BCUT2D eigenvalue weighted by atomic mass is 32.2. The molecular formula is C19H24N2O5S. The van der Waals surface area contributed by atoms with Crippen molar-refractivity contribution in [3.05, 3.63) is 54.1 Å². The van der Waals surface area contributed by atoms with Gasteiger partial charge in [-0.2, -0.15) is 0 Å². The van der Waals surface area contributed by atoms with Gasteiger partial charge in [-0.25, -0.2) is 8.42 Å². The summed E-state index contributed by atoms with van der Waals surface area (Å²) in [5.41, 5.74) is 0.609. The summed E-state index contributed by atoms with van der Waals surface area (Å²) in [6.07, 6.45) is 1.63. The second-order valence-corrected chi connectivity index (χ2v) is 7.47. The van der Waals surface area contributed by atoms with E-state index in [9.17, 15) is 13.2 Å². The molecule has 0 fully saturated rings. The summed E-state index contributed by atoms with van der Waals surface area (Å²) in [5, 5.41) is 2.77. The molecule has 0 aliphatic carbocycles. The molecular weight excluding hydrogens is 368 g/mol.